The number of nitrogens with zero attached hydrogens (tertiary/aromatic N) is 1. The van der Waals surface area contributed by atoms with Gasteiger partial charge >= 0.3 is 0 Å². The maximum atomic E-state index is 12.7. The summed E-state index contributed by atoms with van der Waals surface area (Å²) in [4.78, 5) is 17.7. The van der Waals surface area contributed by atoms with Gasteiger partial charge in [0, 0.05) is 27.2 Å². The Morgan fingerprint density at radius 1 is 1.06 bits per heavy atom. The Bertz CT molecular complexity index is 1570. The zero-order valence-electron chi connectivity index (χ0n) is 18.7. The van der Waals surface area contributed by atoms with Gasteiger partial charge in [-0.2, -0.15) is 0 Å². The van der Waals surface area contributed by atoms with Crippen molar-refractivity contribution in [3.05, 3.63) is 92.1 Å². The molecule has 35 heavy (non-hydrogen) atoms. The summed E-state index contributed by atoms with van der Waals surface area (Å²) in [5.74, 6) is 0.290. The lowest BCUT2D eigenvalue weighted by atomic mass is 10.1. The second-order valence-electron chi connectivity index (χ2n) is 8.18. The number of hydrogen-bond donors (Lipinski definition) is 2. The molecule has 5 aromatic rings. The SMILES string of the molecule is Cc1cc2nc(Cc3ccc(NC(=S)NC(=O)c4sc5cc(Cl)ccc5c4Cl)cc3)oc2cc1C. The second kappa shape index (κ2) is 9.59. The van der Waals surface area contributed by atoms with Crippen molar-refractivity contribution in [3.8, 4) is 0 Å². The van der Waals surface area contributed by atoms with E-state index in [2.05, 4.69) is 29.5 Å². The van der Waals surface area contributed by atoms with Crippen LogP contribution in [0.3, 0.4) is 0 Å². The zero-order chi connectivity index (χ0) is 24.7. The minimum absolute atomic E-state index is 0.180. The molecule has 0 saturated heterocycles. The largest absolute Gasteiger partial charge is 0.440 e. The van der Waals surface area contributed by atoms with E-state index in [1.807, 2.05) is 36.4 Å². The predicted octanol–water partition coefficient (Wildman–Crippen LogP) is 7.68. The normalized spacial score (nSPS) is 11.2. The highest BCUT2D eigenvalue weighted by Crippen LogP contribution is 2.36. The molecule has 0 spiro atoms. The molecule has 3 aromatic carbocycles. The predicted molar refractivity (Wildman–Crippen MR) is 148 cm³/mol. The van der Waals surface area contributed by atoms with E-state index in [4.69, 9.17) is 39.8 Å². The number of carbonyl (C=O) groups is 1. The highest BCUT2D eigenvalue weighted by atomic mass is 35.5. The van der Waals surface area contributed by atoms with Crippen LogP contribution in [0, 0.1) is 13.8 Å². The third kappa shape index (κ3) is 5.04. The third-order valence-corrected chi connectivity index (χ3v) is 7.74. The van der Waals surface area contributed by atoms with Crippen molar-refractivity contribution in [2.75, 3.05) is 5.32 Å². The van der Waals surface area contributed by atoms with E-state index in [1.54, 1.807) is 18.2 Å². The lowest BCUT2D eigenvalue weighted by Gasteiger charge is -2.09. The van der Waals surface area contributed by atoms with Gasteiger partial charge in [-0.1, -0.05) is 41.4 Å². The number of fused-ring (bicyclic) bond motifs is 2. The fourth-order valence-electron chi connectivity index (χ4n) is 3.69. The van der Waals surface area contributed by atoms with E-state index >= 15 is 0 Å². The van der Waals surface area contributed by atoms with Crippen LogP contribution in [0.15, 0.2) is 59.0 Å². The summed E-state index contributed by atoms with van der Waals surface area (Å²) in [6.45, 7) is 4.12. The lowest BCUT2D eigenvalue weighted by molar-refractivity contribution is 0.0982. The van der Waals surface area contributed by atoms with Crippen molar-refractivity contribution in [2.24, 2.45) is 0 Å². The van der Waals surface area contributed by atoms with Crippen LogP contribution in [0.5, 0.6) is 0 Å². The van der Waals surface area contributed by atoms with Crippen molar-refractivity contribution in [2.45, 2.75) is 20.3 Å². The first-order valence-electron chi connectivity index (χ1n) is 10.7. The summed E-state index contributed by atoms with van der Waals surface area (Å²) in [5, 5.41) is 7.65. The number of nitrogens with one attached hydrogen (secondary N) is 2. The fourth-order valence-corrected chi connectivity index (χ4v) is 5.59. The minimum Gasteiger partial charge on any atom is -0.440 e. The van der Waals surface area contributed by atoms with Gasteiger partial charge < -0.3 is 9.73 Å². The number of aryl methyl sites for hydroxylation is 2. The Labute approximate surface area is 221 Å². The Morgan fingerprint density at radius 2 is 1.80 bits per heavy atom. The molecule has 2 heterocycles. The van der Waals surface area contributed by atoms with E-state index in [1.165, 1.54) is 22.5 Å². The van der Waals surface area contributed by atoms with Crippen LogP contribution >= 0.6 is 46.8 Å². The van der Waals surface area contributed by atoms with Gasteiger partial charge in [0.15, 0.2) is 16.6 Å². The maximum absolute atomic E-state index is 12.7. The number of halogens is 2. The molecule has 5 rings (SSSR count). The molecule has 0 bridgehead atoms. The van der Waals surface area contributed by atoms with Crippen LogP contribution in [0.4, 0.5) is 5.69 Å². The molecular formula is C26H19Cl2N3O2S2. The van der Waals surface area contributed by atoms with Crippen molar-refractivity contribution in [1.29, 1.82) is 0 Å². The molecule has 5 nitrogen and oxygen atoms in total. The molecule has 0 unspecified atom stereocenters. The summed E-state index contributed by atoms with van der Waals surface area (Å²) in [5.41, 5.74) is 5.82. The topological polar surface area (TPSA) is 67.2 Å². The number of hydrogen-bond acceptors (Lipinski definition) is 5. The number of thiophene rings is 1. The number of anilines is 1. The van der Waals surface area contributed by atoms with E-state index in [-0.39, 0.29) is 11.0 Å². The van der Waals surface area contributed by atoms with Crippen LogP contribution in [0.25, 0.3) is 21.2 Å². The van der Waals surface area contributed by atoms with Gasteiger partial charge in [0.1, 0.15) is 10.4 Å². The molecule has 0 atom stereocenters. The van der Waals surface area contributed by atoms with Crippen molar-refractivity contribution < 1.29 is 9.21 Å². The summed E-state index contributed by atoms with van der Waals surface area (Å²) in [7, 11) is 0. The average Bonchev–Trinajstić information content (AvgIpc) is 3.34. The van der Waals surface area contributed by atoms with Gasteiger partial charge in [0.25, 0.3) is 5.91 Å². The monoisotopic (exact) mass is 539 g/mol. The first kappa shape index (κ1) is 23.8. The molecule has 2 N–H and O–H groups in total. The Balaban J connectivity index is 1.23. The summed E-state index contributed by atoms with van der Waals surface area (Å²) >= 11 is 19.0. The summed E-state index contributed by atoms with van der Waals surface area (Å²) in [6, 6.07) is 17.1. The Kier molecular flexibility index (Phi) is 6.51. The number of rotatable bonds is 4. The van der Waals surface area contributed by atoms with Gasteiger partial charge in [-0.25, -0.2) is 4.98 Å². The number of aromatic nitrogens is 1. The van der Waals surface area contributed by atoms with Crippen LogP contribution in [-0.4, -0.2) is 16.0 Å². The first-order valence-corrected chi connectivity index (χ1v) is 12.7. The van der Waals surface area contributed by atoms with Gasteiger partial charge in [-0.3, -0.25) is 10.1 Å². The number of amides is 1. The van der Waals surface area contributed by atoms with Crippen molar-refractivity contribution >= 4 is 84.6 Å². The van der Waals surface area contributed by atoms with Gasteiger partial charge in [0.05, 0.1) is 5.02 Å². The highest BCUT2D eigenvalue weighted by molar-refractivity contribution is 7.80. The van der Waals surface area contributed by atoms with Crippen LogP contribution < -0.4 is 10.6 Å². The van der Waals surface area contributed by atoms with E-state index in [9.17, 15) is 4.79 Å². The van der Waals surface area contributed by atoms with Crippen LogP contribution in [0.1, 0.15) is 32.3 Å². The first-order chi connectivity index (χ1) is 16.8. The summed E-state index contributed by atoms with van der Waals surface area (Å²) in [6.07, 6.45) is 0.572. The minimum atomic E-state index is -0.372. The van der Waals surface area contributed by atoms with Gasteiger partial charge in [-0.15, -0.1) is 11.3 Å². The highest BCUT2D eigenvalue weighted by Gasteiger charge is 2.18. The fraction of sp³-hybridized carbons (Fsp3) is 0.115. The van der Waals surface area contributed by atoms with Crippen LogP contribution in [0.2, 0.25) is 10.0 Å². The average molecular weight is 540 g/mol. The molecule has 176 valence electrons. The van der Waals surface area contributed by atoms with Crippen molar-refractivity contribution in [1.82, 2.24) is 10.3 Å². The second-order valence-corrected chi connectivity index (χ2v) is 10.5. The molecule has 0 fully saturated rings. The molecular weight excluding hydrogens is 521 g/mol. The smallest absolute Gasteiger partial charge is 0.269 e. The molecule has 0 radical (unpaired) electrons. The molecule has 1 amide bonds. The Hall–Kier alpha value is -2.97. The number of carbonyl (C=O) groups excluding carboxylic acids is 1. The van der Waals surface area contributed by atoms with E-state index in [0.717, 1.165) is 32.4 Å². The van der Waals surface area contributed by atoms with Crippen LogP contribution in [-0.2, 0) is 6.42 Å². The van der Waals surface area contributed by atoms with E-state index < -0.39 is 0 Å². The molecule has 0 aliphatic rings. The zero-order valence-corrected chi connectivity index (χ0v) is 21.9. The molecule has 0 saturated carbocycles. The van der Waals surface area contributed by atoms with Gasteiger partial charge in [0.2, 0.25) is 0 Å². The van der Waals surface area contributed by atoms with Gasteiger partial charge in [-0.05, 0) is 79.2 Å². The summed E-state index contributed by atoms with van der Waals surface area (Å²) < 4.78 is 6.75. The number of benzene rings is 3. The standard InChI is InChI=1S/C26H19Cl2N3O2S2/c1-13-9-19-20(10-14(13)2)33-22(30-19)11-15-3-6-17(7-4-15)29-26(34)31-25(32)24-23(28)18-8-5-16(27)12-21(18)35-24/h3-10,12H,11H2,1-2H3,(H2,29,31,32,34). The van der Waals surface area contributed by atoms with Crippen molar-refractivity contribution in [3.63, 3.8) is 0 Å². The number of oxazole rings is 1. The van der Waals surface area contributed by atoms with E-state index in [0.29, 0.717) is 27.2 Å². The molecule has 0 aliphatic carbocycles. The molecule has 0 aliphatic heterocycles. The molecule has 2 aromatic heterocycles. The maximum Gasteiger partial charge on any atom is 0.269 e. The Morgan fingerprint density at radius 3 is 2.57 bits per heavy atom. The third-order valence-electron chi connectivity index (χ3n) is 5.64. The number of thiocarbonyl (C=S) groups is 1. The quantitative estimate of drug-likeness (QED) is 0.229. The lowest BCUT2D eigenvalue weighted by Crippen LogP contribution is -2.33. The molecule has 9 heteroatoms.